The van der Waals surface area contributed by atoms with E-state index < -0.39 is 0 Å². The predicted molar refractivity (Wildman–Crippen MR) is 57.7 cm³/mol. The van der Waals surface area contributed by atoms with Crippen molar-refractivity contribution in [3.8, 4) is 0 Å². The molecular formula is C11H12ClNO. The van der Waals surface area contributed by atoms with Crippen LogP contribution in [0.25, 0.3) is 0 Å². The highest BCUT2D eigenvalue weighted by Gasteiger charge is 2.31. The molecule has 0 spiro atoms. The number of nitrogens with one attached hydrogen (secondary N) is 1. The Morgan fingerprint density at radius 3 is 2.86 bits per heavy atom. The van der Waals surface area contributed by atoms with Gasteiger partial charge in [-0.05, 0) is 23.8 Å². The van der Waals surface area contributed by atoms with Crippen molar-refractivity contribution in [1.82, 2.24) is 0 Å². The number of halogens is 1. The molecule has 0 bridgehead atoms. The van der Waals surface area contributed by atoms with Crippen molar-refractivity contribution in [3.05, 3.63) is 28.8 Å². The average molecular weight is 210 g/mol. The zero-order chi connectivity index (χ0) is 10.3. The molecule has 1 N–H and O–H groups in total. The van der Waals surface area contributed by atoms with E-state index in [0.717, 1.165) is 11.3 Å². The number of amides is 1. The summed E-state index contributed by atoms with van der Waals surface area (Å²) in [6.07, 6.45) is 0.514. The zero-order valence-electron chi connectivity index (χ0n) is 8.23. The summed E-state index contributed by atoms with van der Waals surface area (Å²) in [5.74, 6) is 0.0739. The Morgan fingerprint density at radius 1 is 1.43 bits per heavy atom. The standard InChI is InChI=1S/C11H12ClNO/c1-11(2)6-10(14)13-9-4-3-7(12)5-8(9)11/h3-5H,6H2,1-2H3,(H,13,14). The van der Waals surface area contributed by atoms with E-state index in [9.17, 15) is 4.79 Å². The summed E-state index contributed by atoms with van der Waals surface area (Å²) < 4.78 is 0. The smallest absolute Gasteiger partial charge is 0.225 e. The summed E-state index contributed by atoms with van der Waals surface area (Å²) >= 11 is 5.93. The lowest BCUT2D eigenvalue weighted by molar-refractivity contribution is -0.117. The van der Waals surface area contributed by atoms with E-state index in [1.54, 1.807) is 6.07 Å². The lowest BCUT2D eigenvalue weighted by Crippen LogP contribution is -2.32. The maximum atomic E-state index is 11.4. The molecule has 1 aliphatic heterocycles. The van der Waals surface area contributed by atoms with Gasteiger partial charge < -0.3 is 5.32 Å². The third kappa shape index (κ3) is 1.50. The Morgan fingerprint density at radius 2 is 2.14 bits per heavy atom. The second kappa shape index (κ2) is 2.99. The predicted octanol–water partition coefficient (Wildman–Crippen LogP) is 2.96. The fourth-order valence-electron chi connectivity index (χ4n) is 1.88. The van der Waals surface area contributed by atoms with Crippen molar-refractivity contribution < 1.29 is 4.79 Å². The van der Waals surface area contributed by atoms with Gasteiger partial charge in [0.05, 0.1) is 0 Å². The number of anilines is 1. The first kappa shape index (κ1) is 9.53. The van der Waals surface area contributed by atoms with Crippen LogP contribution < -0.4 is 5.32 Å². The Labute approximate surface area is 88.3 Å². The van der Waals surface area contributed by atoms with E-state index in [0.29, 0.717) is 11.4 Å². The largest absolute Gasteiger partial charge is 0.326 e. The summed E-state index contributed by atoms with van der Waals surface area (Å²) in [5.41, 5.74) is 1.88. The Bertz CT molecular complexity index is 398. The van der Waals surface area contributed by atoms with Gasteiger partial charge >= 0.3 is 0 Å². The molecule has 14 heavy (non-hydrogen) atoms. The van der Waals surface area contributed by atoms with Crippen LogP contribution in [0, 0.1) is 0 Å². The molecule has 1 aliphatic rings. The fraction of sp³-hybridized carbons (Fsp3) is 0.364. The number of hydrogen-bond donors (Lipinski definition) is 1. The molecule has 2 nitrogen and oxygen atoms in total. The number of hydrogen-bond acceptors (Lipinski definition) is 1. The van der Waals surface area contributed by atoms with Crippen LogP contribution in [0.4, 0.5) is 5.69 Å². The molecule has 0 unspecified atom stereocenters. The van der Waals surface area contributed by atoms with Crippen LogP contribution in [0.2, 0.25) is 5.02 Å². The number of carbonyl (C=O) groups excluding carboxylic acids is 1. The minimum absolute atomic E-state index is 0.0739. The molecular weight excluding hydrogens is 198 g/mol. The van der Waals surface area contributed by atoms with Crippen molar-refractivity contribution in [1.29, 1.82) is 0 Å². The second-order valence-electron chi connectivity index (χ2n) is 4.30. The Hall–Kier alpha value is -1.02. The molecule has 1 heterocycles. The third-order valence-electron chi connectivity index (χ3n) is 2.59. The van der Waals surface area contributed by atoms with Crippen molar-refractivity contribution in [2.45, 2.75) is 25.7 Å². The van der Waals surface area contributed by atoms with Gasteiger partial charge in [0.1, 0.15) is 0 Å². The van der Waals surface area contributed by atoms with Gasteiger partial charge in [0.15, 0.2) is 0 Å². The highest BCUT2D eigenvalue weighted by molar-refractivity contribution is 6.30. The average Bonchev–Trinajstić information content (AvgIpc) is 2.05. The quantitative estimate of drug-likeness (QED) is 0.700. The number of fused-ring (bicyclic) bond motifs is 1. The fourth-order valence-corrected chi connectivity index (χ4v) is 2.05. The van der Waals surface area contributed by atoms with E-state index in [1.165, 1.54) is 0 Å². The highest BCUT2D eigenvalue weighted by atomic mass is 35.5. The minimum atomic E-state index is -0.122. The first-order valence-corrected chi connectivity index (χ1v) is 4.97. The number of rotatable bonds is 0. The Kier molecular flexibility index (Phi) is 2.04. The molecule has 0 saturated carbocycles. The second-order valence-corrected chi connectivity index (χ2v) is 4.74. The highest BCUT2D eigenvalue weighted by Crippen LogP contribution is 2.38. The lowest BCUT2D eigenvalue weighted by Gasteiger charge is -2.32. The molecule has 0 fully saturated rings. The van der Waals surface area contributed by atoms with Gasteiger partial charge in [-0.3, -0.25) is 4.79 Å². The normalized spacial score (nSPS) is 18.6. The first-order valence-electron chi connectivity index (χ1n) is 4.59. The molecule has 1 aromatic carbocycles. The molecule has 1 amide bonds. The molecule has 0 radical (unpaired) electrons. The van der Waals surface area contributed by atoms with Crippen LogP contribution in [0.3, 0.4) is 0 Å². The summed E-state index contributed by atoms with van der Waals surface area (Å²) in [4.78, 5) is 11.4. The molecule has 3 heteroatoms. The maximum Gasteiger partial charge on any atom is 0.225 e. The summed E-state index contributed by atoms with van der Waals surface area (Å²) in [5, 5.41) is 3.56. The van der Waals surface area contributed by atoms with Crippen LogP contribution in [-0.2, 0) is 10.2 Å². The first-order chi connectivity index (χ1) is 6.49. The van der Waals surface area contributed by atoms with Gasteiger partial charge in [-0.2, -0.15) is 0 Å². The molecule has 2 rings (SSSR count). The van der Waals surface area contributed by atoms with E-state index in [2.05, 4.69) is 19.2 Å². The van der Waals surface area contributed by atoms with Gasteiger partial charge in [0.2, 0.25) is 5.91 Å². The topological polar surface area (TPSA) is 29.1 Å². The monoisotopic (exact) mass is 209 g/mol. The van der Waals surface area contributed by atoms with Crippen molar-refractivity contribution >= 4 is 23.2 Å². The summed E-state index contributed by atoms with van der Waals surface area (Å²) in [6, 6.07) is 5.58. The molecule has 0 saturated heterocycles. The van der Waals surface area contributed by atoms with Crippen molar-refractivity contribution in [2.75, 3.05) is 5.32 Å². The number of carbonyl (C=O) groups is 1. The SMILES string of the molecule is CC1(C)CC(=O)Nc2ccc(Cl)cc21. The van der Waals surface area contributed by atoms with E-state index >= 15 is 0 Å². The molecule has 1 aromatic rings. The van der Waals surface area contributed by atoms with Crippen LogP contribution >= 0.6 is 11.6 Å². The third-order valence-corrected chi connectivity index (χ3v) is 2.82. The maximum absolute atomic E-state index is 11.4. The summed E-state index contributed by atoms with van der Waals surface area (Å²) in [6.45, 7) is 4.11. The van der Waals surface area contributed by atoms with Crippen LogP contribution in [0.1, 0.15) is 25.8 Å². The van der Waals surface area contributed by atoms with Gasteiger partial charge in [-0.15, -0.1) is 0 Å². The van der Waals surface area contributed by atoms with Crippen molar-refractivity contribution in [3.63, 3.8) is 0 Å². The van der Waals surface area contributed by atoms with E-state index in [1.807, 2.05) is 12.1 Å². The lowest BCUT2D eigenvalue weighted by atomic mass is 9.78. The van der Waals surface area contributed by atoms with Crippen molar-refractivity contribution in [2.24, 2.45) is 0 Å². The van der Waals surface area contributed by atoms with E-state index in [-0.39, 0.29) is 11.3 Å². The molecule has 0 atom stereocenters. The van der Waals surface area contributed by atoms with Crippen LogP contribution in [-0.4, -0.2) is 5.91 Å². The molecule has 74 valence electrons. The molecule has 0 aromatic heterocycles. The molecule has 0 aliphatic carbocycles. The van der Waals surface area contributed by atoms with Crippen LogP contribution in [0.15, 0.2) is 18.2 Å². The van der Waals surface area contributed by atoms with Gasteiger partial charge in [0, 0.05) is 22.5 Å². The number of benzene rings is 1. The zero-order valence-corrected chi connectivity index (χ0v) is 8.98. The van der Waals surface area contributed by atoms with Gasteiger partial charge in [-0.1, -0.05) is 25.4 Å². The summed E-state index contributed by atoms with van der Waals surface area (Å²) in [7, 11) is 0. The Balaban J connectivity index is 2.58. The van der Waals surface area contributed by atoms with Gasteiger partial charge in [0.25, 0.3) is 0 Å². The van der Waals surface area contributed by atoms with Crippen LogP contribution in [0.5, 0.6) is 0 Å². The minimum Gasteiger partial charge on any atom is -0.326 e. The van der Waals surface area contributed by atoms with E-state index in [4.69, 9.17) is 11.6 Å². The van der Waals surface area contributed by atoms with Gasteiger partial charge in [-0.25, -0.2) is 0 Å².